The van der Waals surface area contributed by atoms with Crippen LogP contribution in [0.25, 0.3) is 0 Å². The van der Waals surface area contributed by atoms with Crippen LogP contribution in [-0.2, 0) is 4.74 Å². The Hall–Kier alpha value is -2.82. The van der Waals surface area contributed by atoms with Gasteiger partial charge in [-0.2, -0.15) is 0 Å². The molecule has 25 heavy (non-hydrogen) atoms. The molecule has 5 heteroatoms. The molecule has 2 aromatic rings. The van der Waals surface area contributed by atoms with E-state index in [0.29, 0.717) is 17.1 Å². The molecule has 0 spiro atoms. The summed E-state index contributed by atoms with van der Waals surface area (Å²) < 4.78 is 15.8. The van der Waals surface area contributed by atoms with Crippen molar-refractivity contribution < 1.29 is 23.8 Å². The highest BCUT2D eigenvalue weighted by Crippen LogP contribution is 2.30. The third-order valence-corrected chi connectivity index (χ3v) is 3.98. The number of hydrogen-bond donors (Lipinski definition) is 0. The molecular formula is C20H22O5. The molecule has 2 aromatic carbocycles. The topological polar surface area (TPSA) is 61.8 Å². The summed E-state index contributed by atoms with van der Waals surface area (Å²) in [4.78, 5) is 24.8. The van der Waals surface area contributed by atoms with Gasteiger partial charge in [0.2, 0.25) is 5.78 Å². The highest BCUT2D eigenvalue weighted by molar-refractivity contribution is 6.01. The predicted molar refractivity (Wildman–Crippen MR) is 94.7 cm³/mol. The standard InChI is InChI=1S/C20H22O5/c1-12-6-8-15(9-7-12)19(21)14(3)25-20(22)16-10-17(23-4)13(2)18(11-16)24-5/h6-11,14H,1-5H3/t14-/m0/s1. The molecule has 5 nitrogen and oxygen atoms in total. The molecule has 0 aromatic heterocycles. The Morgan fingerprint density at radius 1 is 0.880 bits per heavy atom. The number of carbonyl (C=O) groups is 2. The van der Waals surface area contributed by atoms with E-state index < -0.39 is 12.1 Å². The Morgan fingerprint density at radius 2 is 1.40 bits per heavy atom. The third-order valence-electron chi connectivity index (χ3n) is 3.98. The molecule has 0 radical (unpaired) electrons. The summed E-state index contributed by atoms with van der Waals surface area (Å²) in [5, 5.41) is 0. The van der Waals surface area contributed by atoms with E-state index in [1.807, 2.05) is 26.0 Å². The molecule has 0 aliphatic carbocycles. The van der Waals surface area contributed by atoms with Crippen molar-refractivity contribution in [3.05, 3.63) is 58.7 Å². The first-order chi connectivity index (χ1) is 11.9. The SMILES string of the molecule is COc1cc(C(=O)O[C@@H](C)C(=O)c2ccc(C)cc2)cc(OC)c1C. The molecule has 0 amide bonds. The predicted octanol–water partition coefficient (Wildman–Crippen LogP) is 3.75. The van der Waals surface area contributed by atoms with Gasteiger partial charge in [0.05, 0.1) is 19.8 Å². The molecule has 0 heterocycles. The molecule has 0 saturated carbocycles. The number of hydrogen-bond acceptors (Lipinski definition) is 5. The fraction of sp³-hybridized carbons (Fsp3) is 0.300. The number of Topliss-reactive ketones (excluding diaryl/α,β-unsaturated/α-hetero) is 1. The number of carbonyl (C=O) groups excluding carboxylic acids is 2. The highest BCUT2D eigenvalue weighted by Gasteiger charge is 2.22. The van der Waals surface area contributed by atoms with Gasteiger partial charge in [0.15, 0.2) is 6.10 Å². The molecular weight excluding hydrogens is 320 g/mol. The summed E-state index contributed by atoms with van der Waals surface area (Å²) in [6.07, 6.45) is -0.895. The number of aryl methyl sites for hydroxylation is 1. The van der Waals surface area contributed by atoms with E-state index in [9.17, 15) is 9.59 Å². The molecule has 0 N–H and O–H groups in total. The maximum atomic E-state index is 12.4. The minimum Gasteiger partial charge on any atom is -0.496 e. The van der Waals surface area contributed by atoms with E-state index in [4.69, 9.17) is 14.2 Å². The van der Waals surface area contributed by atoms with Crippen LogP contribution in [-0.4, -0.2) is 32.1 Å². The fourth-order valence-electron chi connectivity index (χ4n) is 2.44. The fourth-order valence-corrected chi connectivity index (χ4v) is 2.44. The monoisotopic (exact) mass is 342 g/mol. The molecule has 0 bridgehead atoms. The molecule has 2 rings (SSSR count). The second kappa shape index (κ2) is 7.83. The zero-order valence-electron chi connectivity index (χ0n) is 15.1. The highest BCUT2D eigenvalue weighted by atomic mass is 16.5. The Kier molecular flexibility index (Phi) is 5.80. The first kappa shape index (κ1) is 18.5. The average Bonchev–Trinajstić information content (AvgIpc) is 2.61. The lowest BCUT2D eigenvalue weighted by Crippen LogP contribution is -2.24. The maximum absolute atomic E-state index is 12.4. The van der Waals surface area contributed by atoms with Gasteiger partial charge in [0.25, 0.3) is 0 Å². The lowest BCUT2D eigenvalue weighted by Gasteiger charge is -2.15. The van der Waals surface area contributed by atoms with E-state index in [2.05, 4.69) is 0 Å². The van der Waals surface area contributed by atoms with E-state index >= 15 is 0 Å². The van der Waals surface area contributed by atoms with Crippen molar-refractivity contribution in [3.8, 4) is 11.5 Å². The van der Waals surface area contributed by atoms with Crippen molar-refractivity contribution in [2.45, 2.75) is 26.9 Å². The second-order valence-electron chi connectivity index (χ2n) is 5.78. The Labute approximate surface area is 147 Å². The van der Waals surface area contributed by atoms with Gasteiger partial charge in [-0.3, -0.25) is 4.79 Å². The van der Waals surface area contributed by atoms with Crippen LogP contribution < -0.4 is 9.47 Å². The first-order valence-corrected chi connectivity index (χ1v) is 7.91. The van der Waals surface area contributed by atoms with Gasteiger partial charge in [-0.05, 0) is 32.9 Å². The van der Waals surface area contributed by atoms with Gasteiger partial charge in [-0.1, -0.05) is 29.8 Å². The smallest absolute Gasteiger partial charge is 0.339 e. The van der Waals surface area contributed by atoms with E-state index in [1.165, 1.54) is 14.2 Å². The quantitative estimate of drug-likeness (QED) is 0.591. The molecule has 1 atom stereocenters. The van der Waals surface area contributed by atoms with Gasteiger partial charge in [0, 0.05) is 11.1 Å². The number of esters is 1. The molecule has 0 aliphatic rings. The van der Waals surface area contributed by atoms with Crippen molar-refractivity contribution in [2.75, 3.05) is 14.2 Å². The number of ketones is 1. The summed E-state index contributed by atoms with van der Waals surface area (Å²) >= 11 is 0. The number of methoxy groups -OCH3 is 2. The number of benzene rings is 2. The van der Waals surface area contributed by atoms with Crippen LogP contribution in [0.3, 0.4) is 0 Å². The van der Waals surface area contributed by atoms with Crippen LogP contribution in [0.1, 0.15) is 38.8 Å². The van der Waals surface area contributed by atoms with Crippen LogP contribution in [0.4, 0.5) is 0 Å². The van der Waals surface area contributed by atoms with E-state index in [-0.39, 0.29) is 11.3 Å². The van der Waals surface area contributed by atoms with E-state index in [0.717, 1.165) is 11.1 Å². The molecule has 0 fully saturated rings. The van der Waals surface area contributed by atoms with Crippen LogP contribution >= 0.6 is 0 Å². The Bertz CT molecular complexity index is 752. The maximum Gasteiger partial charge on any atom is 0.339 e. The van der Waals surface area contributed by atoms with Crippen LogP contribution in [0.15, 0.2) is 36.4 Å². The minimum atomic E-state index is -0.895. The van der Waals surface area contributed by atoms with Crippen molar-refractivity contribution in [1.82, 2.24) is 0 Å². The molecule has 0 aliphatic heterocycles. The minimum absolute atomic E-state index is 0.251. The first-order valence-electron chi connectivity index (χ1n) is 7.91. The van der Waals surface area contributed by atoms with Crippen molar-refractivity contribution in [3.63, 3.8) is 0 Å². The van der Waals surface area contributed by atoms with E-state index in [1.54, 1.807) is 31.2 Å². The van der Waals surface area contributed by atoms with Gasteiger partial charge in [-0.15, -0.1) is 0 Å². The largest absolute Gasteiger partial charge is 0.496 e. The summed E-state index contributed by atoms with van der Waals surface area (Å²) in [6.45, 7) is 5.33. The van der Waals surface area contributed by atoms with Crippen LogP contribution in [0, 0.1) is 13.8 Å². The summed E-state index contributed by atoms with van der Waals surface area (Å²) in [7, 11) is 3.03. The van der Waals surface area contributed by atoms with Gasteiger partial charge in [0.1, 0.15) is 11.5 Å². The van der Waals surface area contributed by atoms with Gasteiger partial charge in [-0.25, -0.2) is 4.79 Å². The van der Waals surface area contributed by atoms with Gasteiger partial charge >= 0.3 is 5.97 Å². The second-order valence-corrected chi connectivity index (χ2v) is 5.78. The zero-order valence-corrected chi connectivity index (χ0v) is 15.1. The lowest BCUT2D eigenvalue weighted by molar-refractivity contribution is 0.0318. The molecule has 0 unspecified atom stereocenters. The average molecular weight is 342 g/mol. The number of ether oxygens (including phenoxy) is 3. The molecule has 0 saturated heterocycles. The van der Waals surface area contributed by atoms with Crippen molar-refractivity contribution >= 4 is 11.8 Å². The molecule has 132 valence electrons. The Morgan fingerprint density at radius 3 is 1.88 bits per heavy atom. The van der Waals surface area contributed by atoms with Gasteiger partial charge < -0.3 is 14.2 Å². The Balaban J connectivity index is 2.18. The summed E-state index contributed by atoms with van der Waals surface area (Å²) in [5.74, 6) is 0.177. The third kappa shape index (κ3) is 4.18. The summed E-state index contributed by atoms with van der Waals surface area (Å²) in [5.41, 5.74) is 2.61. The van der Waals surface area contributed by atoms with Crippen LogP contribution in [0.5, 0.6) is 11.5 Å². The lowest BCUT2D eigenvalue weighted by atomic mass is 10.1. The number of rotatable bonds is 6. The van der Waals surface area contributed by atoms with Crippen molar-refractivity contribution in [1.29, 1.82) is 0 Å². The normalized spacial score (nSPS) is 11.6. The summed E-state index contributed by atoms with van der Waals surface area (Å²) in [6, 6.07) is 10.3. The van der Waals surface area contributed by atoms with Crippen LogP contribution in [0.2, 0.25) is 0 Å². The zero-order chi connectivity index (χ0) is 18.6. The van der Waals surface area contributed by atoms with Crippen molar-refractivity contribution in [2.24, 2.45) is 0 Å².